The van der Waals surface area contributed by atoms with Crippen LogP contribution in [-0.2, 0) is 16.1 Å². The Bertz CT molecular complexity index is 775. The first kappa shape index (κ1) is 16.8. The number of β-lactam (4-membered cyclic amide) rings is 1. The van der Waals surface area contributed by atoms with Gasteiger partial charge < -0.3 is 10.4 Å². The molecule has 0 saturated carbocycles. The summed E-state index contributed by atoms with van der Waals surface area (Å²) in [6.07, 6.45) is 1.37. The zero-order valence-corrected chi connectivity index (χ0v) is 14.5. The van der Waals surface area contributed by atoms with Gasteiger partial charge in [-0.05, 0) is 19.4 Å². The van der Waals surface area contributed by atoms with E-state index in [9.17, 15) is 19.5 Å². The van der Waals surface area contributed by atoms with Crippen molar-refractivity contribution in [3.05, 3.63) is 28.2 Å². The number of nitrogens with one attached hydrogen (secondary N) is 1. The summed E-state index contributed by atoms with van der Waals surface area (Å²) in [4.78, 5) is 37.4. The number of nitrogens with zero attached hydrogens (tertiary/aromatic N) is 3. The van der Waals surface area contributed by atoms with E-state index >= 15 is 0 Å². The van der Waals surface area contributed by atoms with Gasteiger partial charge in [0.15, 0.2) is 0 Å². The number of amides is 2. The second kappa shape index (κ2) is 6.14. The third kappa shape index (κ3) is 2.48. The normalized spacial score (nSPS) is 23.0. The third-order valence-corrected chi connectivity index (χ3v) is 5.66. The molecule has 1 aromatic rings. The fourth-order valence-corrected chi connectivity index (χ4v) is 4.33. The summed E-state index contributed by atoms with van der Waals surface area (Å²) in [6.45, 7) is 3.97. The van der Waals surface area contributed by atoms with Crippen LogP contribution >= 0.6 is 23.4 Å². The highest BCUT2D eigenvalue weighted by molar-refractivity contribution is 8.00. The van der Waals surface area contributed by atoms with Crippen molar-refractivity contribution in [3.8, 4) is 0 Å². The van der Waals surface area contributed by atoms with E-state index in [1.54, 1.807) is 6.92 Å². The number of carbonyl (C=O) groups excluding carboxylic acids is 2. The van der Waals surface area contributed by atoms with Gasteiger partial charge in [-0.25, -0.2) is 4.79 Å². The number of aryl methyl sites for hydroxylation is 1. The maximum atomic E-state index is 12.4. The topological polar surface area (TPSA) is 105 Å². The summed E-state index contributed by atoms with van der Waals surface area (Å²) < 4.78 is 1.44. The fourth-order valence-electron chi connectivity index (χ4n) is 2.81. The molecule has 2 atom stereocenters. The van der Waals surface area contributed by atoms with Gasteiger partial charge in [-0.1, -0.05) is 11.6 Å². The lowest BCUT2D eigenvalue weighted by molar-refractivity contribution is -0.148. The third-order valence-electron chi connectivity index (χ3n) is 3.96. The van der Waals surface area contributed by atoms with E-state index in [0.717, 1.165) is 0 Å². The van der Waals surface area contributed by atoms with Crippen molar-refractivity contribution >= 4 is 41.1 Å². The van der Waals surface area contributed by atoms with E-state index in [2.05, 4.69) is 10.4 Å². The maximum Gasteiger partial charge on any atom is 0.352 e. The molecule has 0 spiro atoms. The molecule has 1 saturated heterocycles. The van der Waals surface area contributed by atoms with Gasteiger partial charge in [0.25, 0.3) is 11.8 Å². The molecule has 0 unspecified atom stereocenters. The van der Waals surface area contributed by atoms with Crippen molar-refractivity contribution in [2.75, 3.05) is 5.75 Å². The van der Waals surface area contributed by atoms with Crippen LogP contribution in [0, 0.1) is 0 Å². The first-order chi connectivity index (χ1) is 11.4. The van der Waals surface area contributed by atoms with Crippen LogP contribution in [0.5, 0.6) is 0 Å². The first-order valence-electron chi connectivity index (χ1n) is 7.26. The molecule has 128 valence electrons. The van der Waals surface area contributed by atoms with Gasteiger partial charge in [-0.3, -0.25) is 19.2 Å². The zero-order valence-electron chi connectivity index (χ0n) is 12.9. The van der Waals surface area contributed by atoms with Crippen LogP contribution in [0.2, 0.25) is 5.02 Å². The lowest BCUT2D eigenvalue weighted by Crippen LogP contribution is -2.70. The molecule has 2 amide bonds. The Balaban J connectivity index is 1.79. The predicted molar refractivity (Wildman–Crippen MR) is 87.6 cm³/mol. The van der Waals surface area contributed by atoms with Crippen molar-refractivity contribution in [1.82, 2.24) is 20.0 Å². The molecule has 3 rings (SSSR count). The largest absolute Gasteiger partial charge is 0.477 e. The number of aliphatic carboxylic acids is 1. The van der Waals surface area contributed by atoms with E-state index < -0.39 is 29.2 Å². The maximum absolute atomic E-state index is 12.4. The minimum absolute atomic E-state index is 0.00545. The van der Waals surface area contributed by atoms with Crippen molar-refractivity contribution in [1.29, 1.82) is 0 Å². The van der Waals surface area contributed by atoms with Gasteiger partial charge in [0.2, 0.25) is 0 Å². The SMILES string of the molecule is CCn1ncc(Cl)c1C(=O)N[C@@H]1C(=O)N2C(C(=O)O)=C(C)CS[C@@H]12. The molecule has 0 radical (unpaired) electrons. The Kier molecular flexibility index (Phi) is 4.31. The molecule has 0 aromatic carbocycles. The molecule has 10 heteroatoms. The Morgan fingerprint density at radius 2 is 2.25 bits per heavy atom. The molecule has 0 aliphatic carbocycles. The predicted octanol–water partition coefficient (Wildman–Crippen LogP) is 0.928. The van der Waals surface area contributed by atoms with Crippen LogP contribution in [-0.4, -0.2) is 54.7 Å². The molecule has 24 heavy (non-hydrogen) atoms. The van der Waals surface area contributed by atoms with Gasteiger partial charge in [0, 0.05) is 12.3 Å². The quantitative estimate of drug-likeness (QED) is 0.764. The average Bonchev–Trinajstić information content (AvgIpc) is 2.92. The monoisotopic (exact) mass is 370 g/mol. The Morgan fingerprint density at radius 1 is 1.54 bits per heavy atom. The Morgan fingerprint density at radius 3 is 2.88 bits per heavy atom. The number of carboxylic acids is 1. The van der Waals surface area contributed by atoms with Gasteiger partial charge in [0.1, 0.15) is 22.8 Å². The number of fused-ring (bicyclic) bond motifs is 1. The van der Waals surface area contributed by atoms with Crippen molar-refractivity contribution in [2.24, 2.45) is 0 Å². The average molecular weight is 371 g/mol. The van der Waals surface area contributed by atoms with Gasteiger partial charge in [-0.2, -0.15) is 5.10 Å². The molecule has 1 fully saturated rings. The summed E-state index contributed by atoms with van der Waals surface area (Å²) in [7, 11) is 0. The van der Waals surface area contributed by atoms with E-state index in [-0.39, 0.29) is 16.4 Å². The summed E-state index contributed by atoms with van der Waals surface area (Å²) >= 11 is 7.41. The Hall–Kier alpha value is -2.00. The zero-order chi connectivity index (χ0) is 17.6. The Labute approximate surface area is 146 Å². The summed E-state index contributed by atoms with van der Waals surface area (Å²) in [5, 5.41) is 15.7. The molecule has 2 aliphatic heterocycles. The molecular formula is C14H15ClN4O4S. The smallest absolute Gasteiger partial charge is 0.352 e. The van der Waals surface area contributed by atoms with E-state index in [1.165, 1.54) is 27.5 Å². The van der Waals surface area contributed by atoms with Crippen molar-refractivity contribution in [2.45, 2.75) is 31.8 Å². The van der Waals surface area contributed by atoms with E-state index in [1.807, 2.05) is 6.92 Å². The molecule has 2 aliphatic rings. The second-order valence-corrected chi connectivity index (χ2v) is 6.96. The van der Waals surface area contributed by atoms with Crippen LogP contribution in [0.25, 0.3) is 0 Å². The van der Waals surface area contributed by atoms with E-state index in [0.29, 0.717) is 17.9 Å². The molecule has 3 heterocycles. The number of rotatable bonds is 4. The van der Waals surface area contributed by atoms with Crippen LogP contribution in [0.4, 0.5) is 0 Å². The summed E-state index contributed by atoms with van der Waals surface area (Å²) in [5.74, 6) is -1.57. The molecule has 8 nitrogen and oxygen atoms in total. The van der Waals surface area contributed by atoms with Crippen molar-refractivity contribution < 1.29 is 19.5 Å². The number of hydrogen-bond donors (Lipinski definition) is 2. The highest BCUT2D eigenvalue weighted by atomic mass is 35.5. The molecule has 2 N–H and O–H groups in total. The van der Waals surface area contributed by atoms with Crippen LogP contribution in [0.15, 0.2) is 17.5 Å². The van der Waals surface area contributed by atoms with Gasteiger partial charge in [-0.15, -0.1) is 11.8 Å². The number of hydrogen-bond acceptors (Lipinski definition) is 5. The molecular weight excluding hydrogens is 356 g/mol. The van der Waals surface area contributed by atoms with Gasteiger partial charge >= 0.3 is 5.97 Å². The molecule has 0 bridgehead atoms. The number of thioether (sulfide) groups is 1. The fraction of sp³-hybridized carbons (Fsp3) is 0.429. The summed E-state index contributed by atoms with van der Waals surface area (Å²) in [6, 6.07) is -0.777. The minimum atomic E-state index is -1.14. The number of carbonyl (C=O) groups is 3. The number of carboxylic acid groups (broad SMARTS) is 1. The van der Waals surface area contributed by atoms with Crippen molar-refractivity contribution in [3.63, 3.8) is 0 Å². The lowest BCUT2D eigenvalue weighted by Gasteiger charge is -2.49. The standard InChI is InChI=1S/C14H15ClN4O4S/c1-3-18-10(7(15)4-16-18)11(20)17-8-12(21)19-9(14(22)23)6(2)5-24-13(8)19/h4,8,13H,3,5H2,1-2H3,(H,17,20)(H,22,23)/t8-,13+/m1/s1. The molecule has 1 aromatic heterocycles. The van der Waals surface area contributed by atoms with Crippen LogP contribution in [0.3, 0.4) is 0 Å². The second-order valence-electron chi connectivity index (χ2n) is 5.45. The first-order valence-corrected chi connectivity index (χ1v) is 8.69. The lowest BCUT2D eigenvalue weighted by atomic mass is 10.0. The van der Waals surface area contributed by atoms with Gasteiger partial charge in [0.05, 0.1) is 11.2 Å². The summed E-state index contributed by atoms with van der Waals surface area (Å²) in [5.41, 5.74) is 0.830. The van der Waals surface area contributed by atoms with E-state index in [4.69, 9.17) is 11.6 Å². The van der Waals surface area contributed by atoms with Crippen LogP contribution in [0.1, 0.15) is 24.3 Å². The highest BCUT2D eigenvalue weighted by Gasteiger charge is 2.53. The number of halogens is 1. The minimum Gasteiger partial charge on any atom is -0.477 e. The highest BCUT2D eigenvalue weighted by Crippen LogP contribution is 2.40. The van der Waals surface area contributed by atoms with Crippen LogP contribution < -0.4 is 5.32 Å². The number of aromatic nitrogens is 2.